The molecule has 1 amide bonds. The lowest BCUT2D eigenvalue weighted by atomic mass is 10.0. The number of hydrogen-bond acceptors (Lipinski definition) is 5. The summed E-state index contributed by atoms with van der Waals surface area (Å²) in [5.74, 6) is -1.21. The largest absolute Gasteiger partial charge is 0.478 e. The van der Waals surface area contributed by atoms with E-state index >= 15 is 0 Å². The van der Waals surface area contributed by atoms with Crippen LogP contribution in [-0.2, 0) is 9.53 Å². The number of benzene rings is 2. The fourth-order valence-electron chi connectivity index (χ4n) is 4.60. The second kappa shape index (κ2) is 10.8. The third-order valence-electron chi connectivity index (χ3n) is 6.28. The first kappa shape index (κ1) is 25.1. The van der Waals surface area contributed by atoms with Crippen molar-refractivity contribution < 1.29 is 19.4 Å². The molecule has 0 radical (unpaired) electrons. The summed E-state index contributed by atoms with van der Waals surface area (Å²) in [5.41, 5.74) is 4.30. The molecule has 0 saturated carbocycles. The predicted octanol–water partition coefficient (Wildman–Crippen LogP) is 4.33. The Hall–Kier alpha value is -4.54. The summed E-state index contributed by atoms with van der Waals surface area (Å²) in [6.07, 6.45) is 3.69. The molecule has 1 fully saturated rings. The number of aromatic nitrogens is 2. The Labute approximate surface area is 224 Å². The van der Waals surface area contributed by atoms with Gasteiger partial charge in [-0.05, 0) is 85.0 Å². The minimum Gasteiger partial charge on any atom is -0.478 e. The molecule has 1 saturated heterocycles. The number of carbonyl (C=O) groups is 2. The minimum atomic E-state index is -0.974. The molecule has 9 nitrogen and oxygen atoms in total. The van der Waals surface area contributed by atoms with Gasteiger partial charge in [0.15, 0.2) is 5.11 Å². The van der Waals surface area contributed by atoms with Crippen LogP contribution in [0.1, 0.15) is 33.8 Å². The van der Waals surface area contributed by atoms with Crippen molar-refractivity contribution in [1.82, 2.24) is 14.9 Å². The Kier molecular flexibility index (Phi) is 7.16. The van der Waals surface area contributed by atoms with Gasteiger partial charge < -0.3 is 29.9 Å². The topological polar surface area (TPSA) is 109 Å². The third-order valence-corrected chi connectivity index (χ3v) is 6.59. The number of methoxy groups -OCH3 is 1. The molecule has 2 unspecified atom stereocenters. The van der Waals surface area contributed by atoms with Gasteiger partial charge in [-0.25, -0.2) is 4.79 Å². The molecular formula is C28H25N5O4S. The van der Waals surface area contributed by atoms with Crippen molar-refractivity contribution in [2.75, 3.05) is 23.9 Å². The Bertz CT molecular complexity index is 1450. The Morgan fingerprint density at radius 1 is 1.03 bits per heavy atom. The molecule has 2 aromatic carbocycles. The number of hydrogen-bond donors (Lipinski definition) is 3. The smallest absolute Gasteiger partial charge is 0.335 e. The first-order valence-corrected chi connectivity index (χ1v) is 12.3. The highest BCUT2D eigenvalue weighted by Gasteiger charge is 2.42. The molecule has 10 heteroatoms. The van der Waals surface area contributed by atoms with Crippen LogP contribution in [0.5, 0.6) is 0 Å². The number of anilines is 2. The van der Waals surface area contributed by atoms with Crippen molar-refractivity contribution in [3.8, 4) is 5.69 Å². The van der Waals surface area contributed by atoms with Gasteiger partial charge >= 0.3 is 5.97 Å². The number of aromatic carboxylic acids is 1. The van der Waals surface area contributed by atoms with Crippen LogP contribution < -0.4 is 15.5 Å². The van der Waals surface area contributed by atoms with Gasteiger partial charge in [-0.3, -0.25) is 9.78 Å². The summed E-state index contributed by atoms with van der Waals surface area (Å²) in [7, 11) is 1.47. The highest BCUT2D eigenvalue weighted by atomic mass is 32.1. The van der Waals surface area contributed by atoms with Crippen LogP contribution in [0, 0.1) is 0 Å². The monoisotopic (exact) mass is 527 g/mol. The Morgan fingerprint density at radius 3 is 2.42 bits per heavy atom. The lowest BCUT2D eigenvalue weighted by Gasteiger charge is -2.29. The van der Waals surface area contributed by atoms with Crippen molar-refractivity contribution in [2.24, 2.45) is 0 Å². The molecule has 38 heavy (non-hydrogen) atoms. The van der Waals surface area contributed by atoms with E-state index < -0.39 is 5.97 Å². The van der Waals surface area contributed by atoms with E-state index in [1.165, 1.54) is 7.11 Å². The lowest BCUT2D eigenvalue weighted by Crippen LogP contribution is -2.30. The minimum absolute atomic E-state index is 0.0276. The molecular weight excluding hydrogens is 502 g/mol. The van der Waals surface area contributed by atoms with Crippen molar-refractivity contribution in [1.29, 1.82) is 0 Å². The van der Waals surface area contributed by atoms with Crippen molar-refractivity contribution in [3.05, 3.63) is 108 Å². The molecule has 0 spiro atoms. The summed E-state index contributed by atoms with van der Waals surface area (Å²) < 4.78 is 6.91. The summed E-state index contributed by atoms with van der Waals surface area (Å²) in [6.45, 7) is -0.0276. The standard InChI is InChI=1S/C28H25N5O4S/c1-37-17-24(34)30-19-9-13-21(14-10-19)33-26(25(31-28(33)38)22-5-2-3-15-29-22)23-6-4-16-32(23)20-11-7-18(8-12-20)27(35)36/h2-16,25-26H,17H2,1H3,(H,30,34)(H,31,38)(H,35,36). The molecule has 192 valence electrons. The molecule has 3 N–H and O–H groups in total. The number of carboxylic acids is 1. The van der Waals surface area contributed by atoms with E-state index in [4.69, 9.17) is 17.0 Å². The highest BCUT2D eigenvalue weighted by Crippen LogP contribution is 2.42. The number of nitrogens with one attached hydrogen (secondary N) is 2. The van der Waals surface area contributed by atoms with E-state index in [2.05, 4.69) is 15.6 Å². The number of ether oxygens (including phenoxy) is 1. The van der Waals surface area contributed by atoms with Crippen LogP contribution in [0.25, 0.3) is 5.69 Å². The fourth-order valence-corrected chi connectivity index (χ4v) is 4.95. The zero-order valence-corrected chi connectivity index (χ0v) is 21.3. The van der Waals surface area contributed by atoms with Gasteiger partial charge in [0.25, 0.3) is 0 Å². The average Bonchev–Trinajstić information content (AvgIpc) is 3.54. The van der Waals surface area contributed by atoms with Crippen LogP contribution in [0.3, 0.4) is 0 Å². The molecule has 4 aromatic rings. The van der Waals surface area contributed by atoms with Gasteiger partial charge in [-0.2, -0.15) is 0 Å². The van der Waals surface area contributed by atoms with Crippen LogP contribution >= 0.6 is 12.2 Å². The molecule has 2 aromatic heterocycles. The quantitative estimate of drug-likeness (QED) is 0.291. The maximum atomic E-state index is 11.9. The summed E-state index contributed by atoms with van der Waals surface area (Å²) >= 11 is 5.82. The lowest BCUT2D eigenvalue weighted by molar-refractivity contribution is -0.119. The number of rotatable bonds is 8. The predicted molar refractivity (Wildman–Crippen MR) is 148 cm³/mol. The van der Waals surface area contributed by atoms with E-state index in [9.17, 15) is 14.7 Å². The molecule has 0 aliphatic carbocycles. The molecule has 1 aliphatic heterocycles. The first-order valence-electron chi connectivity index (χ1n) is 11.9. The van der Waals surface area contributed by atoms with E-state index in [1.54, 1.807) is 30.5 Å². The first-order chi connectivity index (χ1) is 18.5. The summed E-state index contributed by atoms with van der Waals surface area (Å²) in [5, 5.41) is 16.1. The van der Waals surface area contributed by atoms with Gasteiger partial charge in [-0.1, -0.05) is 6.07 Å². The van der Waals surface area contributed by atoms with E-state index in [-0.39, 0.29) is 30.2 Å². The number of nitrogens with zero attached hydrogens (tertiary/aromatic N) is 3. The van der Waals surface area contributed by atoms with Crippen molar-refractivity contribution in [2.45, 2.75) is 12.1 Å². The van der Waals surface area contributed by atoms with E-state index in [0.29, 0.717) is 10.8 Å². The van der Waals surface area contributed by atoms with Crippen LogP contribution in [-0.4, -0.2) is 45.4 Å². The number of pyridine rings is 1. The Morgan fingerprint density at radius 2 is 1.76 bits per heavy atom. The van der Waals surface area contributed by atoms with Gasteiger partial charge in [0.2, 0.25) is 5.91 Å². The van der Waals surface area contributed by atoms with E-state index in [0.717, 1.165) is 22.8 Å². The molecule has 1 aliphatic rings. The summed E-state index contributed by atoms with van der Waals surface area (Å²) in [4.78, 5) is 29.9. The van der Waals surface area contributed by atoms with Crippen molar-refractivity contribution >= 4 is 40.6 Å². The second-order valence-corrected chi connectivity index (χ2v) is 9.07. The van der Waals surface area contributed by atoms with Gasteiger partial charge in [0, 0.05) is 42.3 Å². The maximum Gasteiger partial charge on any atom is 0.335 e. The number of thiocarbonyl (C=S) groups is 1. The molecule has 5 rings (SSSR count). The second-order valence-electron chi connectivity index (χ2n) is 8.68. The highest BCUT2D eigenvalue weighted by molar-refractivity contribution is 7.80. The van der Waals surface area contributed by atoms with Crippen LogP contribution in [0.2, 0.25) is 0 Å². The van der Waals surface area contributed by atoms with Crippen LogP contribution in [0.4, 0.5) is 11.4 Å². The van der Waals surface area contributed by atoms with Crippen molar-refractivity contribution in [3.63, 3.8) is 0 Å². The zero-order chi connectivity index (χ0) is 26.6. The van der Waals surface area contributed by atoms with Crippen LogP contribution in [0.15, 0.2) is 91.3 Å². The Balaban J connectivity index is 1.55. The third kappa shape index (κ3) is 4.99. The maximum absolute atomic E-state index is 11.9. The van der Waals surface area contributed by atoms with E-state index in [1.807, 2.05) is 70.3 Å². The number of carboxylic acid groups (broad SMARTS) is 1. The number of carbonyl (C=O) groups excluding carboxylic acids is 1. The fraction of sp³-hybridized carbons (Fsp3) is 0.143. The normalized spacial score (nSPS) is 16.8. The molecule has 3 heterocycles. The summed E-state index contributed by atoms with van der Waals surface area (Å²) in [6, 6.07) is 23.4. The average molecular weight is 528 g/mol. The van der Waals surface area contributed by atoms with Gasteiger partial charge in [-0.15, -0.1) is 0 Å². The SMILES string of the molecule is COCC(=O)Nc1ccc(N2C(=S)NC(c3ccccn3)C2c2cccn2-c2ccc(C(=O)O)cc2)cc1. The number of amides is 1. The molecule has 2 atom stereocenters. The molecule has 0 bridgehead atoms. The van der Waals surface area contributed by atoms with Gasteiger partial charge in [0.1, 0.15) is 12.6 Å². The van der Waals surface area contributed by atoms with Gasteiger partial charge in [0.05, 0.1) is 17.3 Å². The zero-order valence-electron chi connectivity index (χ0n) is 20.4.